The fraction of sp³-hybridized carbons (Fsp3) is 0.0556. The standard InChI is InChI=1S/C18H14BrN3O/c19-13-5-4-12-7-9-22(17(12)10-13)11-18(23)21-16-3-1-2-15-14(16)6-8-20-15/h1-10,20H,11H2,(H,21,23). The number of aromatic amines is 1. The van der Waals surface area contributed by atoms with E-state index in [1.54, 1.807) is 0 Å². The molecule has 0 saturated heterocycles. The number of hydrogen-bond acceptors (Lipinski definition) is 1. The lowest BCUT2D eigenvalue weighted by Gasteiger charge is -2.09. The van der Waals surface area contributed by atoms with Gasteiger partial charge in [0.15, 0.2) is 0 Å². The number of aromatic nitrogens is 2. The normalized spacial score (nSPS) is 11.2. The summed E-state index contributed by atoms with van der Waals surface area (Å²) < 4.78 is 2.95. The highest BCUT2D eigenvalue weighted by Gasteiger charge is 2.09. The van der Waals surface area contributed by atoms with Crippen LogP contribution in [0.3, 0.4) is 0 Å². The number of benzene rings is 2. The highest BCUT2D eigenvalue weighted by Crippen LogP contribution is 2.23. The lowest BCUT2D eigenvalue weighted by molar-refractivity contribution is -0.116. The first-order chi connectivity index (χ1) is 11.2. The van der Waals surface area contributed by atoms with Crippen molar-refractivity contribution >= 4 is 49.3 Å². The van der Waals surface area contributed by atoms with Gasteiger partial charge in [0.1, 0.15) is 6.54 Å². The molecule has 23 heavy (non-hydrogen) atoms. The first-order valence-corrected chi connectivity index (χ1v) is 8.10. The molecule has 4 rings (SSSR count). The molecule has 0 aliphatic carbocycles. The Balaban J connectivity index is 1.60. The summed E-state index contributed by atoms with van der Waals surface area (Å²) in [4.78, 5) is 15.6. The van der Waals surface area contributed by atoms with Crippen molar-refractivity contribution in [2.24, 2.45) is 0 Å². The van der Waals surface area contributed by atoms with Crippen LogP contribution in [-0.4, -0.2) is 15.5 Å². The van der Waals surface area contributed by atoms with E-state index in [9.17, 15) is 4.79 Å². The summed E-state index contributed by atoms with van der Waals surface area (Å²) in [5.41, 5.74) is 2.87. The summed E-state index contributed by atoms with van der Waals surface area (Å²) in [6.07, 6.45) is 3.81. The smallest absolute Gasteiger partial charge is 0.244 e. The van der Waals surface area contributed by atoms with Crippen LogP contribution in [0.1, 0.15) is 0 Å². The molecule has 2 heterocycles. The van der Waals surface area contributed by atoms with Gasteiger partial charge in [0, 0.05) is 33.3 Å². The zero-order valence-electron chi connectivity index (χ0n) is 12.2. The Bertz CT molecular complexity index is 1020. The predicted octanol–water partition coefficient (Wildman–Crippen LogP) is 4.52. The van der Waals surface area contributed by atoms with Gasteiger partial charge in [-0.2, -0.15) is 0 Å². The SMILES string of the molecule is O=C(Cn1ccc2ccc(Br)cc21)Nc1cccc2[nH]ccc12. The number of rotatable bonds is 3. The Morgan fingerprint density at radius 1 is 1.17 bits per heavy atom. The largest absolute Gasteiger partial charge is 0.361 e. The molecule has 0 spiro atoms. The van der Waals surface area contributed by atoms with Crippen molar-refractivity contribution in [3.8, 4) is 0 Å². The van der Waals surface area contributed by atoms with Gasteiger partial charge in [0.05, 0.1) is 5.69 Å². The molecule has 4 aromatic rings. The lowest BCUT2D eigenvalue weighted by atomic mass is 10.2. The number of amides is 1. The number of hydrogen-bond donors (Lipinski definition) is 2. The van der Waals surface area contributed by atoms with Gasteiger partial charge < -0.3 is 14.9 Å². The van der Waals surface area contributed by atoms with Gasteiger partial charge in [-0.3, -0.25) is 4.79 Å². The van der Waals surface area contributed by atoms with Crippen molar-refractivity contribution in [2.45, 2.75) is 6.54 Å². The van der Waals surface area contributed by atoms with E-state index in [0.29, 0.717) is 0 Å². The first-order valence-electron chi connectivity index (χ1n) is 7.31. The molecule has 114 valence electrons. The summed E-state index contributed by atoms with van der Waals surface area (Å²) in [5.74, 6) is -0.0452. The van der Waals surface area contributed by atoms with E-state index >= 15 is 0 Å². The highest BCUT2D eigenvalue weighted by atomic mass is 79.9. The first kappa shape index (κ1) is 14.1. The van der Waals surface area contributed by atoms with E-state index < -0.39 is 0 Å². The zero-order chi connectivity index (χ0) is 15.8. The van der Waals surface area contributed by atoms with Gasteiger partial charge in [-0.1, -0.05) is 28.1 Å². The molecule has 2 aromatic heterocycles. The molecule has 2 N–H and O–H groups in total. The van der Waals surface area contributed by atoms with Crippen molar-refractivity contribution in [1.82, 2.24) is 9.55 Å². The van der Waals surface area contributed by atoms with Crippen LogP contribution < -0.4 is 5.32 Å². The number of nitrogens with zero attached hydrogens (tertiary/aromatic N) is 1. The van der Waals surface area contributed by atoms with Crippen LogP contribution in [0, 0.1) is 0 Å². The maximum absolute atomic E-state index is 12.4. The molecule has 0 radical (unpaired) electrons. The van der Waals surface area contributed by atoms with E-state index in [1.165, 1.54) is 0 Å². The summed E-state index contributed by atoms with van der Waals surface area (Å²) in [6, 6.07) is 15.9. The van der Waals surface area contributed by atoms with Crippen molar-refractivity contribution in [2.75, 3.05) is 5.32 Å². The van der Waals surface area contributed by atoms with E-state index in [4.69, 9.17) is 0 Å². The van der Waals surface area contributed by atoms with E-state index in [0.717, 1.165) is 32.0 Å². The molecule has 0 bridgehead atoms. The maximum atomic E-state index is 12.4. The fourth-order valence-electron chi connectivity index (χ4n) is 2.83. The van der Waals surface area contributed by atoms with Crippen LogP contribution in [0.15, 0.2) is 65.4 Å². The Kier molecular flexibility index (Phi) is 3.42. The Morgan fingerprint density at radius 3 is 3.00 bits per heavy atom. The van der Waals surface area contributed by atoms with Gasteiger partial charge in [-0.25, -0.2) is 0 Å². The molecular formula is C18H14BrN3O. The lowest BCUT2D eigenvalue weighted by Crippen LogP contribution is -2.18. The Labute approximate surface area is 141 Å². The Hall–Kier alpha value is -2.53. The summed E-state index contributed by atoms with van der Waals surface area (Å²) in [5, 5.41) is 5.13. The number of H-pyrrole nitrogens is 1. The number of carbonyl (C=O) groups excluding carboxylic acids is 1. The van der Waals surface area contributed by atoms with Gasteiger partial charge >= 0.3 is 0 Å². The third-order valence-corrected chi connectivity index (χ3v) is 4.41. The van der Waals surface area contributed by atoms with Crippen molar-refractivity contribution in [3.63, 3.8) is 0 Å². The topological polar surface area (TPSA) is 49.8 Å². The summed E-state index contributed by atoms with van der Waals surface area (Å²) in [7, 11) is 0. The van der Waals surface area contributed by atoms with Crippen molar-refractivity contribution < 1.29 is 4.79 Å². The third-order valence-electron chi connectivity index (χ3n) is 3.92. The monoisotopic (exact) mass is 367 g/mol. The molecule has 0 aliphatic heterocycles. The summed E-state index contributed by atoms with van der Waals surface area (Å²) in [6.45, 7) is 0.279. The summed E-state index contributed by atoms with van der Waals surface area (Å²) >= 11 is 3.48. The molecule has 5 heteroatoms. The van der Waals surface area contributed by atoms with Gasteiger partial charge in [-0.05, 0) is 41.8 Å². The molecule has 2 aromatic carbocycles. The van der Waals surface area contributed by atoms with E-state index in [1.807, 2.05) is 65.5 Å². The second kappa shape index (κ2) is 5.59. The van der Waals surface area contributed by atoms with Gasteiger partial charge in [-0.15, -0.1) is 0 Å². The Morgan fingerprint density at radius 2 is 2.09 bits per heavy atom. The number of halogens is 1. The van der Waals surface area contributed by atoms with E-state index in [2.05, 4.69) is 26.2 Å². The highest BCUT2D eigenvalue weighted by molar-refractivity contribution is 9.10. The second-order valence-corrected chi connectivity index (χ2v) is 6.36. The van der Waals surface area contributed by atoms with Crippen LogP contribution in [0.4, 0.5) is 5.69 Å². The predicted molar refractivity (Wildman–Crippen MR) is 96.6 cm³/mol. The molecule has 0 aliphatic rings. The van der Waals surface area contributed by atoms with Crippen LogP contribution >= 0.6 is 15.9 Å². The number of carbonyl (C=O) groups is 1. The van der Waals surface area contributed by atoms with Crippen molar-refractivity contribution in [1.29, 1.82) is 0 Å². The maximum Gasteiger partial charge on any atom is 0.244 e. The minimum Gasteiger partial charge on any atom is -0.361 e. The van der Waals surface area contributed by atoms with Crippen LogP contribution in [0.25, 0.3) is 21.8 Å². The fourth-order valence-corrected chi connectivity index (χ4v) is 3.18. The minimum atomic E-state index is -0.0452. The molecular weight excluding hydrogens is 354 g/mol. The number of fused-ring (bicyclic) bond motifs is 2. The van der Waals surface area contributed by atoms with Crippen LogP contribution in [0.2, 0.25) is 0 Å². The molecule has 4 nitrogen and oxygen atoms in total. The number of anilines is 1. The average molecular weight is 368 g/mol. The molecule has 0 fully saturated rings. The molecule has 0 saturated carbocycles. The van der Waals surface area contributed by atoms with Gasteiger partial charge in [0.25, 0.3) is 0 Å². The molecule has 0 atom stereocenters. The zero-order valence-corrected chi connectivity index (χ0v) is 13.8. The van der Waals surface area contributed by atoms with Crippen LogP contribution in [0.5, 0.6) is 0 Å². The molecule has 1 amide bonds. The van der Waals surface area contributed by atoms with Gasteiger partial charge in [0.2, 0.25) is 5.91 Å². The number of nitrogens with one attached hydrogen (secondary N) is 2. The van der Waals surface area contributed by atoms with Crippen LogP contribution in [-0.2, 0) is 11.3 Å². The average Bonchev–Trinajstić information content (AvgIpc) is 3.15. The van der Waals surface area contributed by atoms with Crippen molar-refractivity contribution in [3.05, 3.63) is 65.4 Å². The second-order valence-electron chi connectivity index (χ2n) is 5.44. The minimum absolute atomic E-state index is 0.0452. The third kappa shape index (κ3) is 2.64. The quantitative estimate of drug-likeness (QED) is 0.549. The molecule has 0 unspecified atom stereocenters. The van der Waals surface area contributed by atoms with E-state index in [-0.39, 0.29) is 12.5 Å².